The van der Waals surface area contributed by atoms with Gasteiger partial charge in [0.05, 0.1) is 5.56 Å². The minimum Gasteiger partial charge on any atom is -0.478 e. The van der Waals surface area contributed by atoms with Crippen LogP contribution in [0.2, 0.25) is 5.02 Å². The second kappa shape index (κ2) is 8.88. The fourth-order valence-electron chi connectivity index (χ4n) is 3.15. The predicted molar refractivity (Wildman–Crippen MR) is 104 cm³/mol. The van der Waals surface area contributed by atoms with Crippen molar-refractivity contribution in [3.63, 3.8) is 0 Å². The summed E-state index contributed by atoms with van der Waals surface area (Å²) in [5.74, 6) is -0.963. The molecule has 3 rings (SSSR count). The van der Waals surface area contributed by atoms with Gasteiger partial charge in [-0.15, -0.1) is 0 Å². The van der Waals surface area contributed by atoms with Crippen LogP contribution in [0.4, 0.5) is 4.79 Å². The van der Waals surface area contributed by atoms with E-state index in [1.54, 1.807) is 12.1 Å². The molecule has 6 nitrogen and oxygen atoms in total. The number of benzene rings is 2. The molecule has 1 heterocycles. The largest absolute Gasteiger partial charge is 0.478 e. The second-order valence-corrected chi connectivity index (χ2v) is 6.92. The van der Waals surface area contributed by atoms with Crippen LogP contribution in [-0.4, -0.2) is 41.6 Å². The Morgan fingerprint density at radius 1 is 1.11 bits per heavy atom. The average Bonchev–Trinajstić information content (AvgIpc) is 2.67. The SMILES string of the molecule is O=C(NCCN1CCc2c(Cl)cccc2C1)NCc1ccc(C(=O)O)cc1. The molecule has 0 aromatic heterocycles. The first kappa shape index (κ1) is 19.2. The summed E-state index contributed by atoms with van der Waals surface area (Å²) in [5.41, 5.74) is 3.56. The number of carbonyl (C=O) groups is 2. The van der Waals surface area contributed by atoms with Gasteiger partial charge in [-0.2, -0.15) is 0 Å². The molecule has 2 aromatic rings. The van der Waals surface area contributed by atoms with E-state index in [0.29, 0.717) is 13.1 Å². The summed E-state index contributed by atoms with van der Waals surface area (Å²) in [6.07, 6.45) is 0.924. The first-order valence-electron chi connectivity index (χ1n) is 8.85. The van der Waals surface area contributed by atoms with E-state index < -0.39 is 5.97 Å². The molecule has 3 N–H and O–H groups in total. The zero-order valence-corrected chi connectivity index (χ0v) is 15.6. The molecule has 0 atom stereocenters. The van der Waals surface area contributed by atoms with Gasteiger partial charge in [0, 0.05) is 37.7 Å². The van der Waals surface area contributed by atoms with Gasteiger partial charge in [0.1, 0.15) is 0 Å². The lowest BCUT2D eigenvalue weighted by Crippen LogP contribution is -2.41. The maximum Gasteiger partial charge on any atom is 0.335 e. The summed E-state index contributed by atoms with van der Waals surface area (Å²) >= 11 is 6.23. The molecule has 0 fully saturated rings. The zero-order chi connectivity index (χ0) is 19.2. The van der Waals surface area contributed by atoms with E-state index in [9.17, 15) is 9.59 Å². The van der Waals surface area contributed by atoms with Crippen LogP contribution in [0.5, 0.6) is 0 Å². The number of urea groups is 1. The number of halogens is 1. The Morgan fingerprint density at radius 2 is 1.89 bits per heavy atom. The van der Waals surface area contributed by atoms with Crippen LogP contribution in [-0.2, 0) is 19.5 Å². The third-order valence-corrected chi connectivity index (χ3v) is 5.01. The minimum absolute atomic E-state index is 0.229. The van der Waals surface area contributed by atoms with Gasteiger partial charge in [-0.05, 0) is 41.3 Å². The zero-order valence-electron chi connectivity index (χ0n) is 14.9. The van der Waals surface area contributed by atoms with Crippen molar-refractivity contribution in [2.24, 2.45) is 0 Å². The Balaban J connectivity index is 1.38. The van der Waals surface area contributed by atoms with Crippen molar-refractivity contribution >= 4 is 23.6 Å². The van der Waals surface area contributed by atoms with Gasteiger partial charge in [-0.25, -0.2) is 9.59 Å². The Bertz CT molecular complexity index is 824. The molecule has 0 spiro atoms. The number of fused-ring (bicyclic) bond motifs is 1. The quantitative estimate of drug-likeness (QED) is 0.711. The number of nitrogens with one attached hydrogen (secondary N) is 2. The first-order chi connectivity index (χ1) is 13.0. The molecule has 142 valence electrons. The monoisotopic (exact) mass is 387 g/mol. The number of amides is 2. The number of hydrogen-bond donors (Lipinski definition) is 3. The second-order valence-electron chi connectivity index (χ2n) is 6.52. The molecule has 0 saturated carbocycles. The van der Waals surface area contributed by atoms with Gasteiger partial charge < -0.3 is 15.7 Å². The van der Waals surface area contributed by atoms with Crippen LogP contribution in [0.1, 0.15) is 27.0 Å². The van der Waals surface area contributed by atoms with Gasteiger partial charge in [-0.3, -0.25) is 4.90 Å². The number of aromatic carboxylic acids is 1. The van der Waals surface area contributed by atoms with E-state index >= 15 is 0 Å². The molecule has 0 aliphatic carbocycles. The Morgan fingerprint density at radius 3 is 2.63 bits per heavy atom. The molecule has 0 saturated heterocycles. The highest BCUT2D eigenvalue weighted by atomic mass is 35.5. The lowest BCUT2D eigenvalue weighted by Gasteiger charge is -2.29. The normalized spacial score (nSPS) is 13.7. The topological polar surface area (TPSA) is 81.7 Å². The van der Waals surface area contributed by atoms with E-state index in [2.05, 4.69) is 21.6 Å². The summed E-state index contributed by atoms with van der Waals surface area (Å²) in [6.45, 7) is 3.44. The van der Waals surface area contributed by atoms with Crippen molar-refractivity contribution in [3.8, 4) is 0 Å². The molecule has 0 radical (unpaired) electrons. The van der Waals surface area contributed by atoms with Crippen molar-refractivity contribution in [1.29, 1.82) is 0 Å². The third kappa shape index (κ3) is 5.21. The van der Waals surface area contributed by atoms with E-state index in [1.165, 1.54) is 23.3 Å². The molecule has 1 aliphatic heterocycles. The number of rotatable bonds is 6. The number of nitrogens with zero attached hydrogens (tertiary/aromatic N) is 1. The number of carboxylic acids is 1. The van der Waals surface area contributed by atoms with Crippen LogP contribution in [0.15, 0.2) is 42.5 Å². The summed E-state index contributed by atoms with van der Waals surface area (Å²) < 4.78 is 0. The van der Waals surface area contributed by atoms with Gasteiger partial charge in [-0.1, -0.05) is 35.9 Å². The molecule has 2 aromatic carbocycles. The highest BCUT2D eigenvalue weighted by Gasteiger charge is 2.17. The Labute approximate surface area is 163 Å². The van der Waals surface area contributed by atoms with Crippen molar-refractivity contribution in [1.82, 2.24) is 15.5 Å². The van der Waals surface area contributed by atoms with Crippen LogP contribution in [0, 0.1) is 0 Å². The highest BCUT2D eigenvalue weighted by molar-refractivity contribution is 6.31. The minimum atomic E-state index is -0.963. The van der Waals surface area contributed by atoms with Crippen molar-refractivity contribution in [2.45, 2.75) is 19.5 Å². The van der Waals surface area contributed by atoms with Crippen molar-refractivity contribution in [2.75, 3.05) is 19.6 Å². The molecule has 2 amide bonds. The lowest BCUT2D eigenvalue weighted by atomic mass is 10.00. The highest BCUT2D eigenvalue weighted by Crippen LogP contribution is 2.25. The van der Waals surface area contributed by atoms with Crippen molar-refractivity contribution < 1.29 is 14.7 Å². The standard InChI is InChI=1S/C20H22ClN3O3/c21-18-3-1-2-16-13-24(10-8-17(16)18)11-9-22-20(27)23-12-14-4-6-15(7-5-14)19(25)26/h1-7H,8-13H2,(H,25,26)(H2,22,23,27). The molecule has 0 bridgehead atoms. The smallest absolute Gasteiger partial charge is 0.335 e. The summed E-state index contributed by atoms with van der Waals surface area (Å²) in [5, 5.41) is 15.3. The first-order valence-corrected chi connectivity index (χ1v) is 9.23. The maximum absolute atomic E-state index is 11.9. The molecule has 1 aliphatic rings. The Hall–Kier alpha value is -2.57. The number of hydrogen-bond acceptors (Lipinski definition) is 3. The maximum atomic E-state index is 11.9. The summed E-state index contributed by atoms with van der Waals surface area (Å²) in [7, 11) is 0. The van der Waals surface area contributed by atoms with Gasteiger partial charge in [0.15, 0.2) is 0 Å². The fourth-order valence-corrected chi connectivity index (χ4v) is 3.44. The molecule has 7 heteroatoms. The number of carboxylic acid groups (broad SMARTS) is 1. The van der Waals surface area contributed by atoms with Gasteiger partial charge in [0.25, 0.3) is 0 Å². The van der Waals surface area contributed by atoms with Crippen LogP contribution < -0.4 is 10.6 Å². The van der Waals surface area contributed by atoms with E-state index in [-0.39, 0.29) is 11.6 Å². The van der Waals surface area contributed by atoms with E-state index in [4.69, 9.17) is 16.7 Å². The third-order valence-electron chi connectivity index (χ3n) is 4.66. The molecule has 27 heavy (non-hydrogen) atoms. The molecule has 0 unspecified atom stereocenters. The fraction of sp³-hybridized carbons (Fsp3) is 0.300. The summed E-state index contributed by atoms with van der Waals surface area (Å²) in [4.78, 5) is 25.0. The Kier molecular flexibility index (Phi) is 6.32. The van der Waals surface area contributed by atoms with E-state index in [0.717, 1.165) is 36.6 Å². The van der Waals surface area contributed by atoms with E-state index in [1.807, 2.05) is 12.1 Å². The lowest BCUT2D eigenvalue weighted by molar-refractivity contribution is 0.0697. The van der Waals surface area contributed by atoms with Gasteiger partial charge in [0.2, 0.25) is 0 Å². The molecular formula is C20H22ClN3O3. The van der Waals surface area contributed by atoms with Crippen LogP contribution >= 0.6 is 11.6 Å². The number of carbonyl (C=O) groups excluding carboxylic acids is 1. The summed E-state index contributed by atoms with van der Waals surface area (Å²) in [6, 6.07) is 12.2. The average molecular weight is 388 g/mol. The van der Waals surface area contributed by atoms with Crippen molar-refractivity contribution in [3.05, 3.63) is 69.7 Å². The predicted octanol–water partition coefficient (Wildman–Crippen LogP) is 2.90. The van der Waals surface area contributed by atoms with Crippen LogP contribution in [0.3, 0.4) is 0 Å². The van der Waals surface area contributed by atoms with Gasteiger partial charge >= 0.3 is 12.0 Å². The van der Waals surface area contributed by atoms with Crippen LogP contribution in [0.25, 0.3) is 0 Å². The molecular weight excluding hydrogens is 366 g/mol.